The van der Waals surface area contributed by atoms with E-state index in [0.717, 1.165) is 0 Å². The summed E-state index contributed by atoms with van der Waals surface area (Å²) in [6.07, 6.45) is 0.410. The van der Waals surface area contributed by atoms with Gasteiger partial charge in [-0.05, 0) is 5.92 Å². The lowest BCUT2D eigenvalue weighted by Crippen LogP contribution is -2.45. The van der Waals surface area contributed by atoms with Crippen molar-refractivity contribution >= 4 is 11.8 Å². The van der Waals surface area contributed by atoms with Crippen LogP contribution in [0.25, 0.3) is 0 Å². The predicted molar refractivity (Wildman–Crippen MR) is 39.5 cm³/mol. The molecular formula is C7H12N2O2. The molecule has 0 bridgehead atoms. The van der Waals surface area contributed by atoms with Gasteiger partial charge in [0.2, 0.25) is 11.8 Å². The maximum Gasteiger partial charge on any atom is 0.222 e. The van der Waals surface area contributed by atoms with Crippen molar-refractivity contribution < 1.29 is 9.59 Å². The number of hydrogen-bond acceptors (Lipinski definition) is 2. The highest BCUT2D eigenvalue weighted by Gasteiger charge is 2.29. The van der Waals surface area contributed by atoms with Crippen LogP contribution in [0.15, 0.2) is 0 Å². The summed E-state index contributed by atoms with van der Waals surface area (Å²) in [6, 6.07) is 0. The Kier molecular flexibility index (Phi) is 2.12. The van der Waals surface area contributed by atoms with Gasteiger partial charge in [-0.15, -0.1) is 0 Å². The van der Waals surface area contributed by atoms with E-state index in [2.05, 4.69) is 5.32 Å². The van der Waals surface area contributed by atoms with Gasteiger partial charge in [0.05, 0.1) is 5.92 Å². The van der Waals surface area contributed by atoms with Crippen molar-refractivity contribution in [3.8, 4) is 0 Å². The molecule has 0 aromatic carbocycles. The Morgan fingerprint density at radius 3 is 2.82 bits per heavy atom. The number of nitrogens with one attached hydrogen (secondary N) is 1. The zero-order valence-electron chi connectivity index (χ0n) is 6.46. The van der Waals surface area contributed by atoms with E-state index in [0.29, 0.717) is 13.0 Å². The molecule has 0 aliphatic carbocycles. The second-order valence-corrected chi connectivity index (χ2v) is 2.99. The Balaban J connectivity index is 2.57. The number of primary amides is 1. The zero-order valence-corrected chi connectivity index (χ0v) is 6.46. The minimum atomic E-state index is -0.322. The lowest BCUT2D eigenvalue weighted by Gasteiger charge is -2.25. The largest absolute Gasteiger partial charge is 0.369 e. The lowest BCUT2D eigenvalue weighted by molar-refractivity contribution is -0.129. The van der Waals surface area contributed by atoms with Gasteiger partial charge in [0, 0.05) is 13.0 Å². The van der Waals surface area contributed by atoms with Crippen molar-refractivity contribution in [2.24, 2.45) is 17.6 Å². The van der Waals surface area contributed by atoms with Gasteiger partial charge < -0.3 is 11.1 Å². The number of carbonyl (C=O) groups excluding carboxylic acids is 2. The summed E-state index contributed by atoms with van der Waals surface area (Å²) in [6.45, 7) is 2.27. The van der Waals surface area contributed by atoms with E-state index in [1.165, 1.54) is 0 Å². The van der Waals surface area contributed by atoms with Crippen LogP contribution in [-0.2, 0) is 9.59 Å². The number of hydrogen-bond donors (Lipinski definition) is 2. The molecule has 62 valence electrons. The van der Waals surface area contributed by atoms with Crippen LogP contribution in [0.4, 0.5) is 0 Å². The second kappa shape index (κ2) is 2.90. The smallest absolute Gasteiger partial charge is 0.222 e. The topological polar surface area (TPSA) is 72.2 Å². The molecule has 4 nitrogen and oxygen atoms in total. The first-order valence-electron chi connectivity index (χ1n) is 3.67. The van der Waals surface area contributed by atoms with E-state index in [9.17, 15) is 9.59 Å². The summed E-state index contributed by atoms with van der Waals surface area (Å²) in [5.41, 5.74) is 5.11. The van der Waals surface area contributed by atoms with Gasteiger partial charge in [0.15, 0.2) is 0 Å². The predicted octanol–water partition coefficient (Wildman–Crippen LogP) is -0.756. The molecule has 0 saturated carbocycles. The van der Waals surface area contributed by atoms with Gasteiger partial charge in [-0.3, -0.25) is 9.59 Å². The van der Waals surface area contributed by atoms with Crippen LogP contribution in [0.2, 0.25) is 0 Å². The lowest BCUT2D eigenvalue weighted by atomic mass is 9.87. The van der Waals surface area contributed by atoms with Crippen LogP contribution >= 0.6 is 0 Å². The second-order valence-electron chi connectivity index (χ2n) is 2.99. The number of amides is 2. The summed E-state index contributed by atoms with van der Waals surface area (Å²) in [5.74, 6) is -0.415. The van der Waals surface area contributed by atoms with Crippen LogP contribution in [-0.4, -0.2) is 18.4 Å². The fraction of sp³-hybridized carbons (Fsp3) is 0.714. The first-order valence-corrected chi connectivity index (χ1v) is 3.67. The van der Waals surface area contributed by atoms with E-state index >= 15 is 0 Å². The molecule has 1 fully saturated rings. The Labute approximate surface area is 65.1 Å². The average Bonchev–Trinajstić information content (AvgIpc) is 1.85. The molecule has 1 aliphatic rings. The van der Waals surface area contributed by atoms with E-state index in [-0.39, 0.29) is 23.7 Å². The number of nitrogens with two attached hydrogens (primary N) is 1. The average molecular weight is 156 g/mol. The van der Waals surface area contributed by atoms with Crippen molar-refractivity contribution in [1.29, 1.82) is 0 Å². The fourth-order valence-corrected chi connectivity index (χ4v) is 1.31. The van der Waals surface area contributed by atoms with E-state index < -0.39 is 0 Å². The molecule has 1 heterocycles. The van der Waals surface area contributed by atoms with Crippen LogP contribution in [0.5, 0.6) is 0 Å². The molecule has 2 unspecified atom stereocenters. The van der Waals surface area contributed by atoms with Crippen molar-refractivity contribution in [3.63, 3.8) is 0 Å². The van der Waals surface area contributed by atoms with Crippen LogP contribution in [0.1, 0.15) is 13.3 Å². The highest BCUT2D eigenvalue weighted by atomic mass is 16.2. The van der Waals surface area contributed by atoms with Crippen LogP contribution in [0, 0.1) is 11.8 Å². The fourth-order valence-electron chi connectivity index (χ4n) is 1.31. The van der Waals surface area contributed by atoms with E-state index in [1.54, 1.807) is 0 Å². The van der Waals surface area contributed by atoms with Crippen molar-refractivity contribution in [2.45, 2.75) is 13.3 Å². The first-order chi connectivity index (χ1) is 5.11. The number of rotatable bonds is 1. The Bertz CT molecular complexity index is 191. The van der Waals surface area contributed by atoms with Crippen molar-refractivity contribution in [2.75, 3.05) is 6.54 Å². The minimum absolute atomic E-state index is 0.00926. The first kappa shape index (κ1) is 8.04. The molecular weight excluding hydrogens is 144 g/mol. The molecule has 2 amide bonds. The Morgan fingerprint density at radius 2 is 2.36 bits per heavy atom. The maximum atomic E-state index is 10.8. The van der Waals surface area contributed by atoms with Gasteiger partial charge in [-0.1, -0.05) is 6.92 Å². The molecule has 0 aromatic rings. The molecule has 1 rings (SSSR count). The van der Waals surface area contributed by atoms with Gasteiger partial charge in [-0.25, -0.2) is 0 Å². The van der Waals surface area contributed by atoms with E-state index in [1.807, 2.05) is 6.92 Å². The molecule has 1 saturated heterocycles. The highest BCUT2D eigenvalue weighted by Crippen LogP contribution is 2.17. The summed E-state index contributed by atoms with van der Waals surface area (Å²) in [4.78, 5) is 21.5. The SMILES string of the molecule is CC1CC(=O)NCC1C(N)=O. The summed E-state index contributed by atoms with van der Waals surface area (Å²) in [5, 5.41) is 2.60. The standard InChI is InChI=1S/C7H12N2O2/c1-4-2-6(10)9-3-5(4)7(8)11/h4-5H,2-3H2,1H3,(H2,8,11)(H,9,10). The van der Waals surface area contributed by atoms with Gasteiger partial charge in [-0.2, -0.15) is 0 Å². The summed E-state index contributed by atoms with van der Waals surface area (Å²) >= 11 is 0. The molecule has 0 spiro atoms. The molecule has 2 atom stereocenters. The monoisotopic (exact) mass is 156 g/mol. The number of piperidine rings is 1. The third-order valence-corrected chi connectivity index (χ3v) is 2.08. The Hall–Kier alpha value is -1.06. The molecule has 0 radical (unpaired) electrons. The maximum absolute atomic E-state index is 10.8. The molecule has 11 heavy (non-hydrogen) atoms. The normalized spacial score (nSPS) is 31.2. The van der Waals surface area contributed by atoms with Gasteiger partial charge >= 0.3 is 0 Å². The molecule has 1 aliphatic heterocycles. The Morgan fingerprint density at radius 1 is 1.73 bits per heavy atom. The van der Waals surface area contributed by atoms with Gasteiger partial charge in [0.25, 0.3) is 0 Å². The van der Waals surface area contributed by atoms with Gasteiger partial charge in [0.1, 0.15) is 0 Å². The van der Waals surface area contributed by atoms with Crippen molar-refractivity contribution in [1.82, 2.24) is 5.32 Å². The third kappa shape index (κ3) is 1.69. The van der Waals surface area contributed by atoms with Crippen LogP contribution in [0.3, 0.4) is 0 Å². The molecule has 4 heteroatoms. The minimum Gasteiger partial charge on any atom is -0.369 e. The number of carbonyl (C=O) groups is 2. The zero-order chi connectivity index (χ0) is 8.43. The molecule has 0 aromatic heterocycles. The molecule has 3 N–H and O–H groups in total. The van der Waals surface area contributed by atoms with E-state index in [4.69, 9.17) is 5.73 Å². The summed E-state index contributed by atoms with van der Waals surface area (Å²) in [7, 11) is 0. The highest BCUT2D eigenvalue weighted by molar-refractivity contribution is 5.83. The third-order valence-electron chi connectivity index (χ3n) is 2.08. The quantitative estimate of drug-likeness (QED) is 0.524. The van der Waals surface area contributed by atoms with Crippen LogP contribution < -0.4 is 11.1 Å². The summed E-state index contributed by atoms with van der Waals surface area (Å²) < 4.78 is 0. The van der Waals surface area contributed by atoms with Crippen molar-refractivity contribution in [3.05, 3.63) is 0 Å².